The number of ether oxygens (including phenoxy) is 2. The van der Waals surface area contributed by atoms with Crippen LogP contribution in [0.25, 0.3) is 11.5 Å². The molecule has 2 aromatic heterocycles. The van der Waals surface area contributed by atoms with Gasteiger partial charge in [-0.15, -0.1) is 0 Å². The standard InChI is InChI=1S/C20H22N4O4.C2H6/c1-14-12-16(21-2)13-22-18(14)19-23-17(28-24-19)8-9-26-10-11-27-20(25)15-6-4-3-5-7-15;1-2/h3-7,12-13,21H,8-11H2,1-2H3;1-2H3. The van der Waals surface area contributed by atoms with E-state index in [0.29, 0.717) is 42.6 Å². The summed E-state index contributed by atoms with van der Waals surface area (Å²) in [6, 6.07) is 10.8. The number of carbonyl (C=O) groups is 1. The second-order valence-electron chi connectivity index (χ2n) is 6.02. The first-order valence-corrected chi connectivity index (χ1v) is 9.94. The van der Waals surface area contributed by atoms with Gasteiger partial charge in [-0.2, -0.15) is 4.98 Å². The summed E-state index contributed by atoms with van der Waals surface area (Å²) >= 11 is 0. The summed E-state index contributed by atoms with van der Waals surface area (Å²) in [6.45, 7) is 6.81. The lowest BCUT2D eigenvalue weighted by Gasteiger charge is -2.05. The Balaban J connectivity index is 0.00000155. The lowest BCUT2D eigenvalue weighted by Crippen LogP contribution is -2.11. The Morgan fingerprint density at radius 2 is 1.90 bits per heavy atom. The Labute approximate surface area is 176 Å². The highest BCUT2D eigenvalue weighted by atomic mass is 16.6. The van der Waals surface area contributed by atoms with Crippen LogP contribution in [0.4, 0.5) is 5.69 Å². The molecule has 0 atom stereocenters. The van der Waals surface area contributed by atoms with Crippen molar-refractivity contribution in [1.82, 2.24) is 15.1 Å². The molecule has 0 aliphatic rings. The Kier molecular flexibility index (Phi) is 9.47. The minimum Gasteiger partial charge on any atom is -0.460 e. The molecule has 8 heteroatoms. The molecular formula is C22H28N4O4. The summed E-state index contributed by atoms with van der Waals surface area (Å²) in [4.78, 5) is 20.5. The minimum atomic E-state index is -0.363. The van der Waals surface area contributed by atoms with Crippen molar-refractivity contribution in [2.24, 2.45) is 0 Å². The van der Waals surface area contributed by atoms with Crippen molar-refractivity contribution in [1.29, 1.82) is 0 Å². The Morgan fingerprint density at radius 1 is 1.13 bits per heavy atom. The highest BCUT2D eigenvalue weighted by Gasteiger charge is 2.13. The number of esters is 1. The first-order valence-electron chi connectivity index (χ1n) is 9.94. The fourth-order valence-electron chi connectivity index (χ4n) is 2.51. The molecule has 3 aromatic rings. The van der Waals surface area contributed by atoms with Gasteiger partial charge in [-0.3, -0.25) is 4.98 Å². The van der Waals surface area contributed by atoms with Crippen molar-refractivity contribution >= 4 is 11.7 Å². The quantitative estimate of drug-likeness (QED) is 0.417. The summed E-state index contributed by atoms with van der Waals surface area (Å²) in [6.07, 6.45) is 2.19. The minimum absolute atomic E-state index is 0.184. The van der Waals surface area contributed by atoms with Crippen molar-refractivity contribution in [2.75, 3.05) is 32.2 Å². The van der Waals surface area contributed by atoms with Gasteiger partial charge in [0.05, 0.1) is 37.1 Å². The number of nitrogens with one attached hydrogen (secondary N) is 1. The molecular weight excluding hydrogens is 384 g/mol. The van der Waals surface area contributed by atoms with Gasteiger partial charge in [0.15, 0.2) is 0 Å². The van der Waals surface area contributed by atoms with E-state index in [0.717, 1.165) is 11.3 Å². The molecule has 0 aliphatic heterocycles. The predicted octanol–water partition coefficient (Wildman–Crippen LogP) is 3.92. The molecule has 0 radical (unpaired) electrons. The monoisotopic (exact) mass is 412 g/mol. The third-order valence-electron chi connectivity index (χ3n) is 3.98. The van der Waals surface area contributed by atoms with Crippen molar-refractivity contribution in [3.05, 3.63) is 59.6 Å². The van der Waals surface area contributed by atoms with Crippen LogP contribution in [0.3, 0.4) is 0 Å². The summed E-state index contributed by atoms with van der Waals surface area (Å²) in [5.41, 5.74) is 3.08. The summed E-state index contributed by atoms with van der Waals surface area (Å²) in [5, 5.41) is 7.02. The highest BCUT2D eigenvalue weighted by molar-refractivity contribution is 5.89. The van der Waals surface area contributed by atoms with E-state index in [4.69, 9.17) is 14.0 Å². The average molecular weight is 412 g/mol. The van der Waals surface area contributed by atoms with Crippen LogP contribution in [0.2, 0.25) is 0 Å². The van der Waals surface area contributed by atoms with Crippen molar-refractivity contribution in [3.63, 3.8) is 0 Å². The number of benzene rings is 1. The number of hydrogen-bond donors (Lipinski definition) is 1. The molecule has 0 amide bonds. The van der Waals surface area contributed by atoms with E-state index in [1.807, 2.05) is 40.0 Å². The van der Waals surface area contributed by atoms with Crippen LogP contribution >= 0.6 is 0 Å². The van der Waals surface area contributed by atoms with Crippen LogP contribution in [-0.4, -0.2) is 48.0 Å². The van der Waals surface area contributed by atoms with Crippen LogP contribution in [0, 0.1) is 6.92 Å². The number of rotatable bonds is 9. The molecule has 30 heavy (non-hydrogen) atoms. The Bertz CT molecular complexity index is 913. The van der Waals surface area contributed by atoms with E-state index in [9.17, 15) is 4.79 Å². The predicted molar refractivity (Wildman–Crippen MR) is 114 cm³/mol. The summed E-state index contributed by atoms with van der Waals surface area (Å²) in [7, 11) is 1.84. The lowest BCUT2D eigenvalue weighted by molar-refractivity contribution is 0.0315. The highest BCUT2D eigenvalue weighted by Crippen LogP contribution is 2.20. The van der Waals surface area contributed by atoms with Crippen LogP contribution in [-0.2, 0) is 15.9 Å². The molecule has 2 heterocycles. The van der Waals surface area contributed by atoms with E-state index < -0.39 is 0 Å². The molecule has 8 nitrogen and oxygen atoms in total. The molecule has 1 aromatic carbocycles. The van der Waals surface area contributed by atoms with E-state index in [1.54, 1.807) is 30.5 Å². The largest absolute Gasteiger partial charge is 0.460 e. The van der Waals surface area contributed by atoms with Gasteiger partial charge in [0.2, 0.25) is 11.7 Å². The summed E-state index contributed by atoms with van der Waals surface area (Å²) in [5.74, 6) is 0.556. The van der Waals surface area contributed by atoms with Crippen molar-refractivity contribution in [3.8, 4) is 11.5 Å². The number of hydrogen-bond acceptors (Lipinski definition) is 8. The topological polar surface area (TPSA) is 99.4 Å². The van der Waals surface area contributed by atoms with Gasteiger partial charge >= 0.3 is 5.97 Å². The zero-order valence-electron chi connectivity index (χ0n) is 17.8. The molecule has 0 spiro atoms. The summed E-state index contributed by atoms with van der Waals surface area (Å²) < 4.78 is 15.9. The first-order chi connectivity index (χ1) is 14.7. The van der Waals surface area contributed by atoms with Gasteiger partial charge < -0.3 is 19.3 Å². The maximum absolute atomic E-state index is 11.8. The fraction of sp³-hybridized carbons (Fsp3) is 0.364. The van der Waals surface area contributed by atoms with Gasteiger partial charge in [0.25, 0.3) is 0 Å². The number of carbonyl (C=O) groups excluding carboxylic acids is 1. The van der Waals surface area contributed by atoms with E-state index in [2.05, 4.69) is 20.4 Å². The third-order valence-corrected chi connectivity index (χ3v) is 3.98. The van der Waals surface area contributed by atoms with E-state index in [-0.39, 0.29) is 12.6 Å². The average Bonchev–Trinajstić information content (AvgIpc) is 3.26. The van der Waals surface area contributed by atoms with Gasteiger partial charge in [-0.05, 0) is 30.7 Å². The van der Waals surface area contributed by atoms with Gasteiger partial charge in [-0.25, -0.2) is 4.79 Å². The second-order valence-corrected chi connectivity index (χ2v) is 6.02. The molecule has 160 valence electrons. The molecule has 3 rings (SSSR count). The van der Waals surface area contributed by atoms with Crippen LogP contribution in [0.1, 0.15) is 35.7 Å². The first kappa shape index (κ1) is 23.0. The van der Waals surface area contributed by atoms with Crippen LogP contribution < -0.4 is 5.32 Å². The maximum atomic E-state index is 11.8. The van der Waals surface area contributed by atoms with Crippen molar-refractivity contribution < 1.29 is 18.8 Å². The molecule has 1 N–H and O–H groups in total. The van der Waals surface area contributed by atoms with E-state index >= 15 is 0 Å². The number of pyridine rings is 1. The smallest absolute Gasteiger partial charge is 0.338 e. The molecule has 0 bridgehead atoms. The van der Waals surface area contributed by atoms with Gasteiger partial charge in [-0.1, -0.05) is 37.2 Å². The maximum Gasteiger partial charge on any atom is 0.338 e. The van der Waals surface area contributed by atoms with Crippen molar-refractivity contribution in [2.45, 2.75) is 27.2 Å². The SMILES string of the molecule is CC.CNc1cnc(-c2noc(CCOCCOC(=O)c3ccccc3)n2)c(C)c1. The number of anilines is 1. The van der Waals surface area contributed by atoms with Gasteiger partial charge in [0.1, 0.15) is 12.3 Å². The zero-order chi connectivity index (χ0) is 21.8. The second kappa shape index (κ2) is 12.3. The molecule has 0 saturated carbocycles. The van der Waals surface area contributed by atoms with Crippen LogP contribution in [0.15, 0.2) is 47.1 Å². The molecule has 0 unspecified atom stereocenters. The lowest BCUT2D eigenvalue weighted by atomic mass is 10.2. The molecule has 0 fully saturated rings. The number of aromatic nitrogens is 3. The van der Waals surface area contributed by atoms with Crippen LogP contribution in [0.5, 0.6) is 0 Å². The molecule has 0 saturated heterocycles. The van der Waals surface area contributed by atoms with Gasteiger partial charge in [0, 0.05) is 7.05 Å². The number of nitrogens with zero attached hydrogens (tertiary/aromatic N) is 3. The fourth-order valence-corrected chi connectivity index (χ4v) is 2.51. The Morgan fingerprint density at radius 3 is 2.60 bits per heavy atom. The van der Waals surface area contributed by atoms with E-state index in [1.165, 1.54) is 0 Å². The number of aryl methyl sites for hydroxylation is 1. The third kappa shape index (κ3) is 6.66. The zero-order valence-corrected chi connectivity index (χ0v) is 17.8. The normalized spacial score (nSPS) is 10.1. The Hall–Kier alpha value is -3.26. The molecule has 0 aliphatic carbocycles.